The zero-order chi connectivity index (χ0) is 19.3. The van der Waals surface area contributed by atoms with Crippen LogP contribution < -0.4 is 25.4 Å². The standard InChI is InChI=1S/C21H14N2O5/c22-10-13-17(11-5-6-15-16(9-11)26-8-7-25-15)18-19(24)12-3-1-2-4-14(12)27-21(18)28-20(13)23/h1-6,9,17H,7-8,23H2/t17-/m1/s1. The molecular formula is C21H14N2O5. The summed E-state index contributed by atoms with van der Waals surface area (Å²) in [4.78, 5) is 13.2. The molecule has 1 aromatic heterocycles. The molecule has 7 heteroatoms. The van der Waals surface area contributed by atoms with Crippen LogP contribution in [0.15, 0.2) is 63.1 Å². The summed E-state index contributed by atoms with van der Waals surface area (Å²) in [6.07, 6.45) is 0. The van der Waals surface area contributed by atoms with Crippen LogP contribution in [-0.2, 0) is 0 Å². The summed E-state index contributed by atoms with van der Waals surface area (Å²) in [5.74, 6) is 0.347. The van der Waals surface area contributed by atoms with Gasteiger partial charge in [0.05, 0.1) is 16.9 Å². The number of benzene rings is 2. The van der Waals surface area contributed by atoms with Gasteiger partial charge in [0, 0.05) is 0 Å². The van der Waals surface area contributed by atoms with Crippen molar-refractivity contribution in [2.24, 2.45) is 5.73 Å². The van der Waals surface area contributed by atoms with Gasteiger partial charge in [-0.3, -0.25) is 4.79 Å². The molecule has 0 fully saturated rings. The Kier molecular flexibility index (Phi) is 3.52. The second-order valence-corrected chi connectivity index (χ2v) is 6.46. The lowest BCUT2D eigenvalue weighted by Crippen LogP contribution is -2.26. The number of nitrogens with zero attached hydrogens (tertiary/aromatic N) is 1. The van der Waals surface area contributed by atoms with Crippen molar-refractivity contribution >= 4 is 11.0 Å². The minimum atomic E-state index is -0.731. The summed E-state index contributed by atoms with van der Waals surface area (Å²) in [6, 6.07) is 14.2. The highest BCUT2D eigenvalue weighted by Crippen LogP contribution is 2.43. The maximum absolute atomic E-state index is 13.2. The molecule has 0 bridgehead atoms. The number of hydrogen-bond donors (Lipinski definition) is 1. The number of nitriles is 1. The number of fused-ring (bicyclic) bond motifs is 3. The fraction of sp³-hybridized carbons (Fsp3) is 0.143. The molecule has 2 aromatic carbocycles. The largest absolute Gasteiger partial charge is 0.486 e. The molecule has 2 aliphatic heterocycles. The Labute approximate surface area is 159 Å². The summed E-state index contributed by atoms with van der Waals surface area (Å²) in [7, 11) is 0. The van der Waals surface area contributed by atoms with Gasteiger partial charge in [-0.05, 0) is 29.8 Å². The minimum absolute atomic E-state index is 0.0000825. The van der Waals surface area contributed by atoms with Crippen molar-refractivity contribution in [3.05, 3.63) is 75.3 Å². The molecule has 2 aliphatic rings. The molecule has 0 saturated heterocycles. The SMILES string of the molecule is N#CC1=C(N)Oc2oc3ccccc3c(=O)c2[C@@H]1c1ccc2c(c1)OCCO2. The first-order valence-corrected chi connectivity index (χ1v) is 8.70. The Hall–Kier alpha value is -3.92. The van der Waals surface area contributed by atoms with Gasteiger partial charge in [-0.25, -0.2) is 0 Å². The summed E-state index contributed by atoms with van der Waals surface area (Å²) < 4.78 is 22.5. The molecular weight excluding hydrogens is 360 g/mol. The second-order valence-electron chi connectivity index (χ2n) is 6.46. The van der Waals surface area contributed by atoms with Crippen LogP contribution in [0.25, 0.3) is 11.0 Å². The van der Waals surface area contributed by atoms with Crippen LogP contribution in [-0.4, -0.2) is 13.2 Å². The van der Waals surface area contributed by atoms with Gasteiger partial charge in [0.2, 0.25) is 11.3 Å². The highest BCUT2D eigenvalue weighted by Gasteiger charge is 2.36. The van der Waals surface area contributed by atoms with Gasteiger partial charge in [-0.15, -0.1) is 0 Å². The topological polar surface area (TPSA) is 108 Å². The fourth-order valence-corrected chi connectivity index (χ4v) is 3.59. The Morgan fingerprint density at radius 3 is 2.68 bits per heavy atom. The molecule has 0 amide bonds. The Balaban J connectivity index is 1.79. The van der Waals surface area contributed by atoms with E-state index in [0.717, 1.165) is 0 Å². The monoisotopic (exact) mass is 374 g/mol. The first kappa shape index (κ1) is 16.3. The maximum Gasteiger partial charge on any atom is 0.300 e. The zero-order valence-electron chi connectivity index (χ0n) is 14.6. The Bertz CT molecular complexity index is 1250. The molecule has 5 rings (SSSR count). The number of allylic oxidation sites excluding steroid dienone is 1. The van der Waals surface area contributed by atoms with Crippen LogP contribution in [0.4, 0.5) is 0 Å². The molecule has 3 heterocycles. The van der Waals surface area contributed by atoms with Crippen molar-refractivity contribution in [3.63, 3.8) is 0 Å². The van der Waals surface area contributed by atoms with Crippen LogP contribution in [0.3, 0.4) is 0 Å². The minimum Gasteiger partial charge on any atom is -0.486 e. The molecule has 1 atom stereocenters. The van der Waals surface area contributed by atoms with Gasteiger partial charge in [-0.1, -0.05) is 18.2 Å². The van der Waals surface area contributed by atoms with Crippen molar-refractivity contribution in [2.75, 3.05) is 13.2 Å². The normalized spacial score (nSPS) is 17.6. The number of rotatable bonds is 1. The number of nitrogens with two attached hydrogens (primary N) is 1. The molecule has 7 nitrogen and oxygen atoms in total. The van der Waals surface area contributed by atoms with Gasteiger partial charge in [-0.2, -0.15) is 5.26 Å². The number of para-hydroxylation sites is 1. The average Bonchev–Trinajstić information content (AvgIpc) is 2.72. The fourth-order valence-electron chi connectivity index (χ4n) is 3.59. The first-order chi connectivity index (χ1) is 13.7. The average molecular weight is 374 g/mol. The molecule has 138 valence electrons. The van der Waals surface area contributed by atoms with E-state index in [4.69, 9.17) is 24.4 Å². The van der Waals surface area contributed by atoms with Crippen LogP contribution in [0.2, 0.25) is 0 Å². The zero-order valence-corrected chi connectivity index (χ0v) is 14.6. The van der Waals surface area contributed by atoms with Crippen molar-refractivity contribution < 1.29 is 18.6 Å². The van der Waals surface area contributed by atoms with Crippen molar-refractivity contribution in [1.29, 1.82) is 5.26 Å². The third-order valence-corrected chi connectivity index (χ3v) is 4.86. The highest BCUT2D eigenvalue weighted by atomic mass is 16.6. The molecule has 0 spiro atoms. The first-order valence-electron chi connectivity index (χ1n) is 8.70. The summed E-state index contributed by atoms with van der Waals surface area (Å²) >= 11 is 0. The molecule has 0 saturated carbocycles. The lowest BCUT2D eigenvalue weighted by Gasteiger charge is -2.26. The van der Waals surface area contributed by atoms with E-state index in [-0.39, 0.29) is 28.4 Å². The predicted molar refractivity (Wildman–Crippen MR) is 99.2 cm³/mol. The van der Waals surface area contributed by atoms with Crippen molar-refractivity contribution in [3.8, 4) is 23.5 Å². The van der Waals surface area contributed by atoms with Gasteiger partial charge < -0.3 is 24.4 Å². The quantitative estimate of drug-likeness (QED) is 0.698. The van der Waals surface area contributed by atoms with E-state index in [1.165, 1.54) is 0 Å². The van der Waals surface area contributed by atoms with Crippen LogP contribution in [0, 0.1) is 11.3 Å². The van der Waals surface area contributed by atoms with E-state index in [0.29, 0.717) is 41.2 Å². The van der Waals surface area contributed by atoms with E-state index in [1.807, 2.05) is 0 Å². The number of ether oxygens (including phenoxy) is 3. The van der Waals surface area contributed by atoms with E-state index in [2.05, 4.69) is 6.07 Å². The third-order valence-electron chi connectivity index (χ3n) is 4.86. The molecule has 0 aliphatic carbocycles. The van der Waals surface area contributed by atoms with E-state index >= 15 is 0 Å². The molecule has 28 heavy (non-hydrogen) atoms. The van der Waals surface area contributed by atoms with Crippen molar-refractivity contribution in [1.82, 2.24) is 0 Å². The van der Waals surface area contributed by atoms with Crippen LogP contribution >= 0.6 is 0 Å². The molecule has 2 N–H and O–H groups in total. The van der Waals surface area contributed by atoms with Crippen LogP contribution in [0.5, 0.6) is 17.4 Å². The third kappa shape index (κ3) is 2.32. The van der Waals surface area contributed by atoms with Gasteiger partial charge in [0.25, 0.3) is 5.95 Å². The Morgan fingerprint density at radius 2 is 1.86 bits per heavy atom. The van der Waals surface area contributed by atoms with Gasteiger partial charge in [0.1, 0.15) is 30.4 Å². The smallest absolute Gasteiger partial charge is 0.300 e. The van der Waals surface area contributed by atoms with Crippen molar-refractivity contribution in [2.45, 2.75) is 5.92 Å². The van der Waals surface area contributed by atoms with Gasteiger partial charge in [0.15, 0.2) is 11.5 Å². The highest BCUT2D eigenvalue weighted by molar-refractivity contribution is 5.78. The summed E-state index contributed by atoms with van der Waals surface area (Å²) in [5, 5.41) is 10.1. The van der Waals surface area contributed by atoms with Gasteiger partial charge >= 0.3 is 0 Å². The Morgan fingerprint density at radius 1 is 1.07 bits per heavy atom. The predicted octanol–water partition coefficient (Wildman–Crippen LogP) is 2.78. The summed E-state index contributed by atoms with van der Waals surface area (Å²) in [5.41, 5.74) is 7.15. The van der Waals surface area contributed by atoms with E-state index in [9.17, 15) is 10.1 Å². The summed E-state index contributed by atoms with van der Waals surface area (Å²) in [6.45, 7) is 0.898. The lowest BCUT2D eigenvalue weighted by atomic mass is 9.84. The molecule has 3 aromatic rings. The lowest BCUT2D eigenvalue weighted by molar-refractivity contribution is 0.171. The molecule has 0 radical (unpaired) electrons. The number of hydrogen-bond acceptors (Lipinski definition) is 7. The van der Waals surface area contributed by atoms with Crippen LogP contribution in [0.1, 0.15) is 17.0 Å². The molecule has 0 unspecified atom stereocenters. The second kappa shape index (κ2) is 6.06. The van der Waals surface area contributed by atoms with E-state index < -0.39 is 5.92 Å². The van der Waals surface area contributed by atoms with E-state index in [1.54, 1.807) is 42.5 Å². The maximum atomic E-state index is 13.2.